The third-order valence-electron chi connectivity index (χ3n) is 5.89. The van der Waals surface area contributed by atoms with Gasteiger partial charge in [-0.2, -0.15) is 26.3 Å². The lowest BCUT2D eigenvalue weighted by Gasteiger charge is -2.36. The highest BCUT2D eigenvalue weighted by molar-refractivity contribution is 7.91. The van der Waals surface area contributed by atoms with E-state index in [9.17, 15) is 34.8 Å². The van der Waals surface area contributed by atoms with E-state index in [4.69, 9.17) is 0 Å². The molecule has 1 aliphatic rings. The SMILES string of the molecule is CN(C)CCNS(=O)(=O)c1ccc(C#CC2=CCC(C(F)(F)F)(C(F)(F)F)C=C2c2ncn3cccnc23)s1. The highest BCUT2D eigenvalue weighted by Crippen LogP contribution is 2.57. The van der Waals surface area contributed by atoms with E-state index in [0.29, 0.717) is 6.54 Å². The first-order valence-electron chi connectivity index (χ1n) is 11.3. The number of fused-ring (bicyclic) bond motifs is 1. The second-order valence-corrected chi connectivity index (χ2v) is 11.9. The smallest absolute Gasteiger partial charge is 0.308 e. The molecule has 1 N–H and O–H groups in total. The maximum absolute atomic E-state index is 13.9. The van der Waals surface area contributed by atoms with E-state index in [1.165, 1.54) is 41.3 Å². The van der Waals surface area contributed by atoms with Crippen molar-refractivity contribution < 1.29 is 34.8 Å². The van der Waals surface area contributed by atoms with E-state index in [1.807, 2.05) is 0 Å². The first kappa shape index (κ1) is 28.8. The van der Waals surface area contributed by atoms with Crippen molar-refractivity contribution in [3.05, 3.63) is 65.2 Å². The molecule has 15 heteroatoms. The van der Waals surface area contributed by atoms with Gasteiger partial charge in [0.25, 0.3) is 0 Å². The Balaban J connectivity index is 1.74. The molecular weight excluding hydrogens is 568 g/mol. The van der Waals surface area contributed by atoms with Gasteiger partial charge in [0, 0.05) is 36.6 Å². The van der Waals surface area contributed by atoms with Crippen molar-refractivity contribution >= 4 is 32.6 Å². The van der Waals surface area contributed by atoms with Crippen LogP contribution in [0.2, 0.25) is 0 Å². The Labute approximate surface area is 223 Å². The topological polar surface area (TPSA) is 79.6 Å². The summed E-state index contributed by atoms with van der Waals surface area (Å²) in [6, 6.07) is 4.26. The van der Waals surface area contributed by atoms with Crippen LogP contribution < -0.4 is 4.72 Å². The van der Waals surface area contributed by atoms with Gasteiger partial charge in [-0.15, -0.1) is 11.3 Å². The lowest BCUT2D eigenvalue weighted by Crippen LogP contribution is -2.49. The van der Waals surface area contributed by atoms with Crippen LogP contribution in [-0.2, 0) is 10.0 Å². The second-order valence-electron chi connectivity index (χ2n) is 8.86. The summed E-state index contributed by atoms with van der Waals surface area (Å²) in [5, 5.41) is 0. The van der Waals surface area contributed by atoms with Crippen LogP contribution in [0.15, 0.2) is 58.9 Å². The number of allylic oxidation sites excluding steroid dienone is 4. The number of nitrogens with one attached hydrogen (secondary N) is 1. The zero-order chi connectivity index (χ0) is 28.6. The van der Waals surface area contributed by atoms with E-state index in [0.717, 1.165) is 17.4 Å². The van der Waals surface area contributed by atoms with Crippen LogP contribution in [0.3, 0.4) is 0 Å². The first-order chi connectivity index (χ1) is 18.1. The number of sulfonamides is 1. The molecule has 0 fully saturated rings. The van der Waals surface area contributed by atoms with Crippen molar-refractivity contribution in [3.63, 3.8) is 0 Å². The van der Waals surface area contributed by atoms with Gasteiger partial charge in [0.1, 0.15) is 16.2 Å². The van der Waals surface area contributed by atoms with Crippen molar-refractivity contribution in [2.75, 3.05) is 27.2 Å². The number of hydrogen-bond acceptors (Lipinski definition) is 6. The number of aromatic nitrogens is 3. The van der Waals surface area contributed by atoms with Crippen molar-refractivity contribution in [2.45, 2.75) is 23.0 Å². The van der Waals surface area contributed by atoms with E-state index >= 15 is 0 Å². The van der Waals surface area contributed by atoms with E-state index in [-0.39, 0.29) is 38.6 Å². The minimum absolute atomic E-state index is 0.0311. The number of alkyl halides is 6. The largest absolute Gasteiger partial charge is 0.406 e. The lowest BCUT2D eigenvalue weighted by atomic mass is 9.75. The molecular formula is C24H21F6N5O2S2. The van der Waals surface area contributed by atoms with E-state index in [1.54, 1.807) is 19.0 Å². The van der Waals surface area contributed by atoms with Gasteiger partial charge in [-0.1, -0.05) is 17.9 Å². The monoisotopic (exact) mass is 589 g/mol. The summed E-state index contributed by atoms with van der Waals surface area (Å²) < 4.78 is 112. The number of imidazole rings is 1. The highest BCUT2D eigenvalue weighted by atomic mass is 32.2. The normalized spacial score (nSPS) is 16.1. The molecule has 0 saturated carbocycles. The van der Waals surface area contributed by atoms with Crippen molar-refractivity contribution in [3.8, 4) is 11.8 Å². The standard InChI is InChI=1S/C24H21F6N5O2S2/c1-34(2)13-11-33-39(36,37)19-7-6-17(38-19)5-4-16-8-9-22(23(25,26)27,24(28,29)30)14-18(16)20-21-31-10-3-12-35(21)15-32-20/h3,6-8,10,12,14-15,33H,9,11,13H2,1-2H3. The molecule has 208 valence electrons. The summed E-state index contributed by atoms with van der Waals surface area (Å²) >= 11 is 0.820. The number of likely N-dealkylation sites (N-methyl/N-ethyl adjacent to an activating group) is 1. The molecule has 0 amide bonds. The molecule has 0 saturated heterocycles. The fraction of sp³-hybridized carbons (Fsp3) is 0.333. The van der Waals surface area contributed by atoms with Gasteiger partial charge in [0.2, 0.25) is 10.0 Å². The van der Waals surface area contributed by atoms with Gasteiger partial charge in [0.15, 0.2) is 11.1 Å². The molecule has 0 bridgehead atoms. The number of halogens is 6. The molecule has 0 radical (unpaired) electrons. The molecule has 1 aliphatic carbocycles. The number of hydrogen-bond donors (Lipinski definition) is 1. The molecule has 7 nitrogen and oxygen atoms in total. The predicted molar refractivity (Wildman–Crippen MR) is 133 cm³/mol. The van der Waals surface area contributed by atoms with Crippen LogP contribution in [0.5, 0.6) is 0 Å². The fourth-order valence-corrected chi connectivity index (χ4v) is 6.01. The highest BCUT2D eigenvalue weighted by Gasteiger charge is 2.69. The molecule has 0 aromatic carbocycles. The van der Waals surface area contributed by atoms with Gasteiger partial charge in [-0.3, -0.25) is 4.40 Å². The second kappa shape index (κ2) is 10.4. The van der Waals surface area contributed by atoms with Gasteiger partial charge in [0.05, 0.1) is 4.88 Å². The number of thiophene rings is 1. The Hall–Kier alpha value is -3.19. The molecule has 0 spiro atoms. The molecule has 0 atom stereocenters. The van der Waals surface area contributed by atoms with Crippen LogP contribution in [0.4, 0.5) is 26.3 Å². The lowest BCUT2D eigenvalue weighted by molar-refractivity contribution is -0.320. The zero-order valence-corrected chi connectivity index (χ0v) is 22.1. The predicted octanol–water partition coefficient (Wildman–Crippen LogP) is 4.51. The minimum atomic E-state index is -5.65. The Morgan fingerprint density at radius 1 is 1.13 bits per heavy atom. The Morgan fingerprint density at radius 2 is 1.85 bits per heavy atom. The fourth-order valence-electron chi connectivity index (χ4n) is 3.79. The Bertz CT molecular complexity index is 1590. The molecule has 3 aromatic rings. The molecule has 0 unspecified atom stereocenters. The molecule has 0 aliphatic heterocycles. The summed E-state index contributed by atoms with van der Waals surface area (Å²) in [7, 11) is -0.253. The van der Waals surface area contributed by atoms with E-state index in [2.05, 4.69) is 26.5 Å². The zero-order valence-electron chi connectivity index (χ0n) is 20.4. The van der Waals surface area contributed by atoms with Crippen molar-refractivity contribution in [2.24, 2.45) is 5.41 Å². The van der Waals surface area contributed by atoms with Gasteiger partial charge >= 0.3 is 12.4 Å². The third kappa shape index (κ3) is 5.74. The maximum Gasteiger partial charge on any atom is 0.406 e. The van der Waals surface area contributed by atoms with Gasteiger partial charge in [-0.05, 0) is 44.8 Å². The van der Waals surface area contributed by atoms with Crippen molar-refractivity contribution in [1.82, 2.24) is 24.0 Å². The Kier molecular flexibility index (Phi) is 7.69. The average molecular weight is 590 g/mol. The minimum Gasteiger partial charge on any atom is -0.308 e. The summed E-state index contributed by atoms with van der Waals surface area (Å²) in [5.41, 5.74) is -4.89. The number of rotatable bonds is 6. The van der Waals surface area contributed by atoms with Crippen molar-refractivity contribution in [1.29, 1.82) is 0 Å². The number of nitrogens with zero attached hydrogens (tertiary/aromatic N) is 4. The van der Waals surface area contributed by atoms with E-state index < -0.39 is 39.8 Å². The van der Waals surface area contributed by atoms with Crippen LogP contribution in [0.25, 0.3) is 11.2 Å². The average Bonchev–Trinajstić information content (AvgIpc) is 3.49. The summed E-state index contributed by atoms with van der Waals surface area (Å²) in [6.45, 7) is 0.636. The van der Waals surface area contributed by atoms with Crippen LogP contribution >= 0.6 is 11.3 Å². The first-order valence-corrected chi connectivity index (χ1v) is 13.6. The summed E-state index contributed by atoms with van der Waals surface area (Å²) in [5.74, 6) is 5.29. The molecule has 4 rings (SSSR count). The summed E-state index contributed by atoms with van der Waals surface area (Å²) in [6.07, 6.45) is -7.75. The van der Waals surface area contributed by atoms with Gasteiger partial charge in [-0.25, -0.2) is 23.1 Å². The molecule has 3 heterocycles. The quantitative estimate of drug-likeness (QED) is 0.338. The van der Waals surface area contributed by atoms with Crippen LogP contribution in [-0.4, -0.2) is 67.2 Å². The van der Waals surface area contributed by atoms with Crippen LogP contribution in [0, 0.1) is 17.3 Å². The van der Waals surface area contributed by atoms with Gasteiger partial charge < -0.3 is 4.90 Å². The summed E-state index contributed by atoms with van der Waals surface area (Å²) in [4.78, 5) is 10.1. The third-order valence-corrected chi connectivity index (χ3v) is 8.84. The molecule has 39 heavy (non-hydrogen) atoms. The van der Waals surface area contributed by atoms with Crippen LogP contribution in [0.1, 0.15) is 17.0 Å². The molecule has 3 aromatic heterocycles. The Morgan fingerprint density at radius 3 is 2.51 bits per heavy atom. The maximum atomic E-state index is 13.9.